The highest BCUT2D eigenvalue weighted by Crippen LogP contribution is 2.23. The molecule has 0 aromatic heterocycles. The van der Waals surface area contributed by atoms with Crippen LogP contribution in [-0.2, 0) is 4.74 Å². The molecule has 0 spiro atoms. The number of amides is 2. The zero-order valence-electron chi connectivity index (χ0n) is 9.03. The first-order valence-corrected chi connectivity index (χ1v) is 5.65. The van der Waals surface area contributed by atoms with Crippen LogP contribution in [0.2, 0.25) is 0 Å². The van der Waals surface area contributed by atoms with E-state index in [1.807, 2.05) is 6.92 Å². The number of urea groups is 1. The summed E-state index contributed by atoms with van der Waals surface area (Å²) in [5.41, 5.74) is 5.82. The van der Waals surface area contributed by atoms with Gasteiger partial charge in [0, 0.05) is 18.7 Å². The lowest BCUT2D eigenvalue weighted by molar-refractivity contribution is -0.0282. The smallest absolute Gasteiger partial charge is 0.315 e. The molecule has 0 aromatic rings. The van der Waals surface area contributed by atoms with E-state index in [2.05, 4.69) is 10.6 Å². The van der Waals surface area contributed by atoms with E-state index in [0.717, 1.165) is 19.3 Å². The van der Waals surface area contributed by atoms with Crippen molar-refractivity contribution >= 4 is 6.03 Å². The van der Waals surface area contributed by atoms with Gasteiger partial charge < -0.3 is 21.1 Å². The van der Waals surface area contributed by atoms with Crippen molar-refractivity contribution in [2.75, 3.05) is 6.61 Å². The van der Waals surface area contributed by atoms with Crippen LogP contribution in [0.4, 0.5) is 4.79 Å². The molecule has 2 rings (SSSR count). The summed E-state index contributed by atoms with van der Waals surface area (Å²) in [6.45, 7) is 2.62. The van der Waals surface area contributed by atoms with Gasteiger partial charge in [-0.05, 0) is 26.2 Å². The van der Waals surface area contributed by atoms with E-state index in [1.54, 1.807) is 0 Å². The molecule has 5 nitrogen and oxygen atoms in total. The molecule has 3 atom stereocenters. The van der Waals surface area contributed by atoms with Gasteiger partial charge in [-0.2, -0.15) is 0 Å². The molecule has 2 saturated carbocycles. The molecular formula is C10H19N3O2. The Morgan fingerprint density at radius 3 is 2.73 bits per heavy atom. The summed E-state index contributed by atoms with van der Waals surface area (Å²) in [7, 11) is 0. The summed E-state index contributed by atoms with van der Waals surface area (Å²) >= 11 is 0. The van der Waals surface area contributed by atoms with E-state index in [0.29, 0.717) is 12.6 Å². The van der Waals surface area contributed by atoms with Crippen molar-refractivity contribution in [3.63, 3.8) is 0 Å². The van der Waals surface area contributed by atoms with Crippen LogP contribution in [0, 0.1) is 0 Å². The minimum absolute atomic E-state index is 0.0244. The molecule has 2 fully saturated rings. The molecule has 2 aliphatic carbocycles. The fourth-order valence-electron chi connectivity index (χ4n) is 1.83. The highest BCUT2D eigenvalue weighted by Gasteiger charge is 2.40. The molecule has 0 heterocycles. The van der Waals surface area contributed by atoms with Gasteiger partial charge >= 0.3 is 6.03 Å². The molecule has 0 radical (unpaired) electrons. The van der Waals surface area contributed by atoms with Gasteiger partial charge in [0.1, 0.15) is 0 Å². The fourth-order valence-corrected chi connectivity index (χ4v) is 1.83. The zero-order valence-corrected chi connectivity index (χ0v) is 9.03. The maximum atomic E-state index is 11.5. The van der Waals surface area contributed by atoms with Crippen LogP contribution >= 0.6 is 0 Å². The second kappa shape index (κ2) is 4.37. The number of nitrogens with two attached hydrogens (primary N) is 1. The lowest BCUT2D eigenvalue weighted by Crippen LogP contribution is -2.66. The Morgan fingerprint density at radius 1 is 1.47 bits per heavy atom. The van der Waals surface area contributed by atoms with Gasteiger partial charge in [0.25, 0.3) is 0 Å². The Kier molecular flexibility index (Phi) is 3.11. The number of ether oxygens (including phenoxy) is 1. The Bertz CT molecular complexity index is 241. The first-order valence-electron chi connectivity index (χ1n) is 5.65. The molecule has 5 heteroatoms. The zero-order chi connectivity index (χ0) is 10.8. The van der Waals surface area contributed by atoms with Crippen LogP contribution in [0.1, 0.15) is 26.2 Å². The van der Waals surface area contributed by atoms with E-state index in [9.17, 15) is 4.79 Å². The third-order valence-electron chi connectivity index (χ3n) is 2.96. The normalized spacial score (nSPS) is 34.4. The van der Waals surface area contributed by atoms with Crippen molar-refractivity contribution in [1.82, 2.24) is 10.6 Å². The van der Waals surface area contributed by atoms with Crippen LogP contribution in [0.25, 0.3) is 0 Å². The van der Waals surface area contributed by atoms with Crippen molar-refractivity contribution in [1.29, 1.82) is 0 Å². The molecule has 2 amide bonds. The van der Waals surface area contributed by atoms with E-state index < -0.39 is 0 Å². The summed E-state index contributed by atoms with van der Waals surface area (Å²) < 4.78 is 5.46. The number of hydrogen-bond donors (Lipinski definition) is 3. The van der Waals surface area contributed by atoms with Gasteiger partial charge in [0.15, 0.2) is 0 Å². The lowest BCUT2D eigenvalue weighted by atomic mass is 9.83. The standard InChI is InChI=1S/C10H19N3O2/c1-2-15-8-5-7(11)9(8)13-10(14)12-6-3-4-6/h6-9H,2-5,11H2,1H3,(H2,12,13,14). The average Bonchev–Trinajstić information content (AvgIpc) is 2.98. The third kappa shape index (κ3) is 2.60. The van der Waals surface area contributed by atoms with Gasteiger partial charge in [-0.15, -0.1) is 0 Å². The second-order valence-corrected chi connectivity index (χ2v) is 4.31. The summed E-state index contributed by atoms with van der Waals surface area (Å²) in [5, 5.41) is 5.75. The van der Waals surface area contributed by atoms with Crippen LogP contribution in [0.3, 0.4) is 0 Å². The minimum atomic E-state index is -0.109. The lowest BCUT2D eigenvalue weighted by Gasteiger charge is -2.42. The van der Waals surface area contributed by atoms with E-state index in [4.69, 9.17) is 10.5 Å². The first-order chi connectivity index (χ1) is 7.20. The molecule has 3 unspecified atom stereocenters. The molecule has 0 saturated heterocycles. The molecule has 0 aromatic carbocycles. The Balaban J connectivity index is 1.73. The largest absolute Gasteiger partial charge is 0.376 e. The average molecular weight is 213 g/mol. The van der Waals surface area contributed by atoms with E-state index >= 15 is 0 Å². The van der Waals surface area contributed by atoms with Gasteiger partial charge in [0.05, 0.1) is 12.1 Å². The van der Waals surface area contributed by atoms with Crippen molar-refractivity contribution in [3.8, 4) is 0 Å². The fraction of sp³-hybridized carbons (Fsp3) is 0.900. The van der Waals surface area contributed by atoms with Crippen LogP contribution in [0.5, 0.6) is 0 Å². The Labute approximate surface area is 89.7 Å². The Morgan fingerprint density at radius 2 is 2.20 bits per heavy atom. The maximum Gasteiger partial charge on any atom is 0.315 e. The number of rotatable bonds is 4. The van der Waals surface area contributed by atoms with Gasteiger partial charge in [-0.3, -0.25) is 0 Å². The number of carbonyl (C=O) groups is 1. The van der Waals surface area contributed by atoms with Crippen LogP contribution < -0.4 is 16.4 Å². The van der Waals surface area contributed by atoms with Gasteiger partial charge in [-0.25, -0.2) is 4.79 Å². The van der Waals surface area contributed by atoms with Crippen LogP contribution in [0.15, 0.2) is 0 Å². The Hall–Kier alpha value is -0.810. The molecule has 0 bridgehead atoms. The van der Waals surface area contributed by atoms with Crippen LogP contribution in [-0.4, -0.2) is 36.9 Å². The predicted octanol–water partition coefficient (Wildman–Crippen LogP) is -0.0473. The van der Waals surface area contributed by atoms with Crippen molar-refractivity contribution in [2.45, 2.75) is 50.4 Å². The molecule has 2 aliphatic rings. The molecule has 4 N–H and O–H groups in total. The number of hydrogen-bond acceptors (Lipinski definition) is 3. The topological polar surface area (TPSA) is 76.4 Å². The SMILES string of the molecule is CCOC1CC(N)C1NC(=O)NC1CC1. The molecule has 86 valence electrons. The molecular weight excluding hydrogens is 194 g/mol. The van der Waals surface area contributed by atoms with Crippen molar-refractivity contribution in [3.05, 3.63) is 0 Å². The highest BCUT2D eigenvalue weighted by atomic mass is 16.5. The summed E-state index contributed by atoms with van der Waals surface area (Å²) in [6.07, 6.45) is 3.12. The predicted molar refractivity (Wildman–Crippen MR) is 56.5 cm³/mol. The quantitative estimate of drug-likeness (QED) is 0.613. The van der Waals surface area contributed by atoms with Gasteiger partial charge in [0.2, 0.25) is 0 Å². The monoisotopic (exact) mass is 213 g/mol. The van der Waals surface area contributed by atoms with Gasteiger partial charge in [-0.1, -0.05) is 0 Å². The minimum Gasteiger partial charge on any atom is -0.376 e. The second-order valence-electron chi connectivity index (χ2n) is 4.31. The highest BCUT2D eigenvalue weighted by molar-refractivity contribution is 5.75. The molecule has 0 aliphatic heterocycles. The van der Waals surface area contributed by atoms with E-state index in [-0.39, 0.29) is 24.2 Å². The first kappa shape index (κ1) is 10.7. The molecule has 15 heavy (non-hydrogen) atoms. The summed E-state index contributed by atoms with van der Waals surface area (Å²) in [6, 6.07) is 0.282. The third-order valence-corrected chi connectivity index (χ3v) is 2.96. The summed E-state index contributed by atoms with van der Waals surface area (Å²) in [5.74, 6) is 0. The number of carbonyl (C=O) groups excluding carboxylic acids is 1. The maximum absolute atomic E-state index is 11.5. The van der Waals surface area contributed by atoms with Crippen molar-refractivity contribution < 1.29 is 9.53 Å². The summed E-state index contributed by atoms with van der Waals surface area (Å²) in [4.78, 5) is 11.5. The van der Waals surface area contributed by atoms with E-state index in [1.165, 1.54) is 0 Å². The number of nitrogens with one attached hydrogen (secondary N) is 2. The van der Waals surface area contributed by atoms with Crippen molar-refractivity contribution in [2.24, 2.45) is 5.73 Å².